The van der Waals surface area contributed by atoms with Crippen LogP contribution in [0.4, 0.5) is 0 Å². The molecule has 0 spiro atoms. The lowest BCUT2D eigenvalue weighted by Gasteiger charge is -2.27. The molecule has 3 nitrogen and oxygen atoms in total. The van der Waals surface area contributed by atoms with Gasteiger partial charge in [-0.05, 0) is 56.9 Å². The molecule has 0 atom stereocenters. The van der Waals surface area contributed by atoms with Crippen LogP contribution in [0, 0.1) is 6.92 Å². The Morgan fingerprint density at radius 1 is 1.14 bits per heavy atom. The maximum atomic E-state index is 12.2. The zero-order chi connectivity index (χ0) is 16.0. The van der Waals surface area contributed by atoms with E-state index >= 15 is 0 Å². The van der Waals surface area contributed by atoms with Crippen LogP contribution in [-0.4, -0.2) is 16.4 Å². The van der Waals surface area contributed by atoms with Gasteiger partial charge >= 0.3 is 0 Å². The third kappa shape index (κ3) is 4.99. The van der Waals surface area contributed by atoms with Crippen molar-refractivity contribution in [3.8, 4) is 0 Å². The number of aromatic nitrogens is 1. The maximum absolute atomic E-state index is 12.2. The molecule has 0 aliphatic rings. The highest BCUT2D eigenvalue weighted by Gasteiger charge is 2.21. The standard InChI is InChI=1S/C19H24N2O/c1-15-8-4-5-9-16(15)14-19(2,3)21-18(22)12-11-17-10-6-7-13-20-17/h4-10,13H,11-12,14H2,1-3H3,(H,21,22). The van der Waals surface area contributed by atoms with Crippen LogP contribution >= 0.6 is 0 Å². The van der Waals surface area contributed by atoms with Gasteiger partial charge in [0.15, 0.2) is 0 Å². The summed E-state index contributed by atoms with van der Waals surface area (Å²) in [5.41, 5.74) is 3.23. The fraction of sp³-hybridized carbons (Fsp3) is 0.368. The maximum Gasteiger partial charge on any atom is 0.220 e. The highest BCUT2D eigenvalue weighted by molar-refractivity contribution is 5.77. The molecule has 1 heterocycles. The summed E-state index contributed by atoms with van der Waals surface area (Å²) in [6.07, 6.45) is 3.73. The van der Waals surface area contributed by atoms with Crippen molar-refractivity contribution in [3.63, 3.8) is 0 Å². The minimum absolute atomic E-state index is 0.0734. The first kappa shape index (κ1) is 16.2. The second-order valence-electron chi connectivity index (χ2n) is 6.36. The number of nitrogens with one attached hydrogen (secondary N) is 1. The number of hydrogen-bond acceptors (Lipinski definition) is 2. The van der Waals surface area contributed by atoms with Gasteiger partial charge in [0.1, 0.15) is 0 Å². The molecular formula is C19H24N2O. The molecule has 22 heavy (non-hydrogen) atoms. The third-order valence-electron chi connectivity index (χ3n) is 3.71. The van der Waals surface area contributed by atoms with E-state index in [1.807, 2.05) is 30.3 Å². The second-order valence-corrected chi connectivity index (χ2v) is 6.36. The van der Waals surface area contributed by atoms with Gasteiger partial charge < -0.3 is 5.32 Å². The minimum atomic E-state index is -0.257. The third-order valence-corrected chi connectivity index (χ3v) is 3.71. The first-order chi connectivity index (χ1) is 10.5. The van der Waals surface area contributed by atoms with E-state index in [-0.39, 0.29) is 11.4 Å². The molecule has 0 aliphatic carbocycles. The Labute approximate surface area is 132 Å². The molecule has 2 rings (SSSR count). The summed E-state index contributed by atoms with van der Waals surface area (Å²) in [4.78, 5) is 16.4. The number of hydrogen-bond donors (Lipinski definition) is 1. The summed E-state index contributed by atoms with van der Waals surface area (Å²) >= 11 is 0. The van der Waals surface area contributed by atoms with Crippen LogP contribution in [0.1, 0.15) is 37.1 Å². The van der Waals surface area contributed by atoms with Crippen molar-refractivity contribution in [1.82, 2.24) is 10.3 Å². The predicted octanol–water partition coefficient (Wildman–Crippen LogP) is 3.46. The summed E-state index contributed by atoms with van der Waals surface area (Å²) in [5.74, 6) is 0.0734. The SMILES string of the molecule is Cc1ccccc1CC(C)(C)NC(=O)CCc1ccccn1. The zero-order valence-corrected chi connectivity index (χ0v) is 13.6. The number of amides is 1. The van der Waals surface area contributed by atoms with E-state index in [1.54, 1.807) is 6.20 Å². The quantitative estimate of drug-likeness (QED) is 0.887. The Kier molecular flexibility index (Phi) is 5.31. The van der Waals surface area contributed by atoms with Crippen LogP contribution in [0.25, 0.3) is 0 Å². The molecule has 0 aliphatic heterocycles. The highest BCUT2D eigenvalue weighted by Crippen LogP contribution is 2.16. The Hall–Kier alpha value is -2.16. The number of aryl methyl sites for hydroxylation is 2. The van der Waals surface area contributed by atoms with Crippen LogP contribution in [0.3, 0.4) is 0 Å². The molecule has 1 aromatic heterocycles. The van der Waals surface area contributed by atoms with Gasteiger partial charge in [-0.3, -0.25) is 9.78 Å². The molecule has 0 saturated carbocycles. The van der Waals surface area contributed by atoms with Crippen LogP contribution in [0.5, 0.6) is 0 Å². The number of carbonyl (C=O) groups is 1. The van der Waals surface area contributed by atoms with Gasteiger partial charge in [0, 0.05) is 23.9 Å². The van der Waals surface area contributed by atoms with E-state index in [1.165, 1.54) is 11.1 Å². The van der Waals surface area contributed by atoms with Crippen molar-refractivity contribution < 1.29 is 4.79 Å². The van der Waals surface area contributed by atoms with Gasteiger partial charge in [-0.2, -0.15) is 0 Å². The van der Waals surface area contributed by atoms with Gasteiger partial charge in [0.25, 0.3) is 0 Å². The van der Waals surface area contributed by atoms with Crippen LogP contribution < -0.4 is 5.32 Å². The molecular weight excluding hydrogens is 272 g/mol. The van der Waals surface area contributed by atoms with E-state index in [0.717, 1.165) is 12.1 Å². The van der Waals surface area contributed by atoms with Crippen LogP contribution in [0.15, 0.2) is 48.7 Å². The summed E-state index contributed by atoms with van der Waals surface area (Å²) < 4.78 is 0. The number of benzene rings is 1. The zero-order valence-electron chi connectivity index (χ0n) is 13.6. The van der Waals surface area contributed by atoms with Gasteiger partial charge in [0.2, 0.25) is 5.91 Å². The molecule has 2 aromatic rings. The highest BCUT2D eigenvalue weighted by atomic mass is 16.1. The van der Waals surface area contributed by atoms with Crippen molar-refractivity contribution >= 4 is 5.91 Å². The number of rotatable bonds is 6. The number of carbonyl (C=O) groups excluding carboxylic acids is 1. The fourth-order valence-electron chi connectivity index (χ4n) is 2.56. The molecule has 1 aromatic carbocycles. The van der Waals surface area contributed by atoms with Crippen molar-refractivity contribution in [2.24, 2.45) is 0 Å². The fourth-order valence-corrected chi connectivity index (χ4v) is 2.56. The molecule has 1 amide bonds. The smallest absolute Gasteiger partial charge is 0.220 e. The van der Waals surface area contributed by atoms with Gasteiger partial charge in [-0.1, -0.05) is 30.3 Å². The summed E-state index contributed by atoms with van der Waals surface area (Å²) in [6, 6.07) is 14.1. The van der Waals surface area contributed by atoms with E-state index in [0.29, 0.717) is 12.8 Å². The van der Waals surface area contributed by atoms with Crippen molar-refractivity contribution in [3.05, 3.63) is 65.5 Å². The molecule has 116 valence electrons. The van der Waals surface area contributed by atoms with Crippen molar-refractivity contribution in [1.29, 1.82) is 0 Å². The Balaban J connectivity index is 1.88. The van der Waals surface area contributed by atoms with E-state index in [2.05, 4.69) is 43.2 Å². The molecule has 3 heteroatoms. The van der Waals surface area contributed by atoms with E-state index in [9.17, 15) is 4.79 Å². The first-order valence-corrected chi connectivity index (χ1v) is 7.72. The lowest BCUT2D eigenvalue weighted by molar-refractivity contribution is -0.122. The lowest BCUT2D eigenvalue weighted by atomic mass is 9.92. The number of pyridine rings is 1. The largest absolute Gasteiger partial charge is 0.351 e. The minimum Gasteiger partial charge on any atom is -0.351 e. The molecule has 1 N–H and O–H groups in total. The average molecular weight is 296 g/mol. The predicted molar refractivity (Wildman–Crippen MR) is 89.7 cm³/mol. The van der Waals surface area contributed by atoms with Gasteiger partial charge in [-0.25, -0.2) is 0 Å². The topological polar surface area (TPSA) is 42.0 Å². The average Bonchev–Trinajstić information content (AvgIpc) is 2.48. The summed E-state index contributed by atoms with van der Waals surface area (Å²) in [7, 11) is 0. The Morgan fingerprint density at radius 3 is 2.55 bits per heavy atom. The second kappa shape index (κ2) is 7.21. The number of nitrogens with zero attached hydrogens (tertiary/aromatic N) is 1. The summed E-state index contributed by atoms with van der Waals surface area (Å²) in [5, 5.41) is 3.14. The Bertz CT molecular complexity index is 620. The molecule has 0 radical (unpaired) electrons. The molecule has 0 bridgehead atoms. The summed E-state index contributed by atoms with van der Waals surface area (Å²) in [6.45, 7) is 6.24. The van der Waals surface area contributed by atoms with Crippen molar-refractivity contribution in [2.45, 2.75) is 45.6 Å². The molecule has 0 fully saturated rings. The van der Waals surface area contributed by atoms with Crippen molar-refractivity contribution in [2.75, 3.05) is 0 Å². The van der Waals surface area contributed by atoms with E-state index in [4.69, 9.17) is 0 Å². The Morgan fingerprint density at radius 2 is 1.86 bits per heavy atom. The molecule has 0 saturated heterocycles. The van der Waals surface area contributed by atoms with Gasteiger partial charge in [0.05, 0.1) is 0 Å². The van der Waals surface area contributed by atoms with E-state index < -0.39 is 0 Å². The molecule has 0 unspecified atom stereocenters. The lowest BCUT2D eigenvalue weighted by Crippen LogP contribution is -2.45. The van der Waals surface area contributed by atoms with Crippen LogP contribution in [0.2, 0.25) is 0 Å². The van der Waals surface area contributed by atoms with Gasteiger partial charge in [-0.15, -0.1) is 0 Å². The first-order valence-electron chi connectivity index (χ1n) is 7.72. The normalized spacial score (nSPS) is 11.2. The van der Waals surface area contributed by atoms with Crippen LogP contribution in [-0.2, 0) is 17.6 Å². The monoisotopic (exact) mass is 296 g/mol.